The average molecular weight is 744 g/mol. The van der Waals surface area contributed by atoms with E-state index in [1.165, 1.54) is 34.1 Å². The average Bonchev–Trinajstić information content (AvgIpc) is 3.74. The Morgan fingerprint density at radius 2 is 1.88 bits per heavy atom. The largest absolute Gasteiger partial charge is 0.504 e. The zero-order valence-corrected chi connectivity index (χ0v) is 27.2. The van der Waals surface area contributed by atoms with Crippen LogP contribution in [0.25, 0.3) is 5.78 Å². The number of nitrogens with zero attached hydrogens (tertiary/aromatic N) is 7. The lowest BCUT2D eigenvalue weighted by Crippen LogP contribution is -2.71. The van der Waals surface area contributed by atoms with Crippen molar-refractivity contribution in [2.24, 2.45) is 5.16 Å². The summed E-state index contributed by atoms with van der Waals surface area (Å²) >= 11 is 3.22. The summed E-state index contributed by atoms with van der Waals surface area (Å²) in [6.07, 6.45) is 1.19. The van der Waals surface area contributed by atoms with Crippen LogP contribution in [0.2, 0.25) is 0 Å². The number of aliphatic carboxylic acids is 1. The van der Waals surface area contributed by atoms with E-state index < -0.39 is 70.5 Å². The van der Waals surface area contributed by atoms with Crippen LogP contribution in [-0.2, 0) is 25.8 Å². The lowest BCUT2D eigenvalue weighted by atomic mass is 10.0. The van der Waals surface area contributed by atoms with Crippen LogP contribution >= 0.6 is 34.9 Å². The highest BCUT2D eigenvalue weighted by Gasteiger charge is 2.54. The van der Waals surface area contributed by atoms with Crippen molar-refractivity contribution in [3.8, 4) is 11.5 Å². The topological polar surface area (TPSA) is 305 Å². The maximum Gasteiger partial charge on any atom is 0.354 e. The van der Waals surface area contributed by atoms with Crippen molar-refractivity contribution in [1.82, 2.24) is 34.8 Å². The summed E-state index contributed by atoms with van der Waals surface area (Å²) in [6, 6.07) is 2.09. The normalized spacial score (nSPS) is 17.3. The molecule has 8 N–H and O–H groups in total. The Bertz CT molecular complexity index is 2170. The summed E-state index contributed by atoms with van der Waals surface area (Å²) in [6.45, 7) is -0.694. The molecular weight excluding hydrogens is 723 g/mol. The number of carbonyl (C=O) groups is 5. The summed E-state index contributed by atoms with van der Waals surface area (Å²) in [7, 11) is 0. The van der Waals surface area contributed by atoms with E-state index in [-0.39, 0.29) is 45.1 Å². The van der Waals surface area contributed by atoms with Gasteiger partial charge in [0.05, 0.1) is 11.1 Å². The number of nitrogens with two attached hydrogens (primary N) is 1. The van der Waals surface area contributed by atoms with E-state index in [0.717, 1.165) is 40.1 Å². The molecule has 2 amide bonds. The van der Waals surface area contributed by atoms with Crippen LogP contribution in [0.4, 0.5) is 5.13 Å². The van der Waals surface area contributed by atoms with E-state index in [4.69, 9.17) is 10.6 Å². The van der Waals surface area contributed by atoms with E-state index in [1.54, 1.807) is 0 Å². The molecule has 50 heavy (non-hydrogen) atoms. The van der Waals surface area contributed by atoms with Gasteiger partial charge < -0.3 is 41.4 Å². The summed E-state index contributed by atoms with van der Waals surface area (Å²) in [4.78, 5) is 80.4. The van der Waals surface area contributed by atoms with Crippen LogP contribution < -0.4 is 11.1 Å². The van der Waals surface area contributed by atoms with E-state index >= 15 is 0 Å². The third-order valence-corrected chi connectivity index (χ3v) is 10.3. The number of hydrogen-bond donors (Lipinski definition) is 7. The molecule has 20 nitrogen and oxygen atoms in total. The van der Waals surface area contributed by atoms with E-state index in [0.29, 0.717) is 10.6 Å². The molecule has 0 spiro atoms. The van der Waals surface area contributed by atoms with Gasteiger partial charge in [-0.25, -0.2) is 24.4 Å². The Hall–Kier alpha value is -5.94. The Morgan fingerprint density at radius 3 is 2.56 bits per heavy atom. The number of phenolic OH excluding ortho intramolecular Hbond substituents is 2. The number of benzene rings is 1. The van der Waals surface area contributed by atoms with Gasteiger partial charge in [-0.1, -0.05) is 5.16 Å². The molecule has 3 aromatic heterocycles. The minimum atomic E-state index is -1.43. The maximum absolute atomic E-state index is 13.5. The van der Waals surface area contributed by atoms with Crippen LogP contribution in [0.5, 0.6) is 11.5 Å². The number of β-lactam (4-membered cyclic amide) rings is 1. The first-order chi connectivity index (χ1) is 23.8. The third-order valence-electron chi connectivity index (χ3n) is 7.21. The molecule has 2 atom stereocenters. The standard InChI is InChI=1S/C27H21N9O11S3/c28-26-31-13(7-50-26)16(34-47-4-11-10(23(41)42)1-2-14(37)19(11)38)20(39)33-17-21(40)35-18(25(45)46)9(6-49-22(17)35)5-48-15-3-12(24(43)44)32-27-29-8-30-36(15)27/h1-3,7-8,17,22,37-38H,4-6H2,(H2,28,31)(H,33,39)(H,41,42)(H,43,44)(H,45,46)/t17-,22-/m1/s1. The number of carboxylic acid groups (broad SMARTS) is 3. The molecule has 6 rings (SSSR count). The van der Waals surface area contributed by atoms with Crippen LogP contribution in [-0.4, -0.2) is 113 Å². The van der Waals surface area contributed by atoms with Crippen molar-refractivity contribution in [2.45, 2.75) is 23.0 Å². The number of thioether (sulfide) groups is 2. The summed E-state index contributed by atoms with van der Waals surface area (Å²) in [5.74, 6) is -6.98. The SMILES string of the molecule is Nc1nc(C(=NOCc2c(C(=O)O)ccc(O)c2O)C(=O)N[C@@H]2C(=O)N3C(C(=O)O)=C(CSc4cc(C(=O)O)nc5ncnn45)CS[C@H]23)cs1. The second kappa shape index (κ2) is 13.5. The predicted octanol–water partition coefficient (Wildman–Crippen LogP) is 0.422. The maximum atomic E-state index is 13.5. The van der Waals surface area contributed by atoms with E-state index in [1.807, 2.05) is 0 Å². The highest BCUT2D eigenvalue weighted by molar-refractivity contribution is 8.01. The summed E-state index contributed by atoms with van der Waals surface area (Å²) in [5.41, 5.74) is 4.25. The minimum Gasteiger partial charge on any atom is -0.504 e. The summed E-state index contributed by atoms with van der Waals surface area (Å²) in [5, 5.41) is 60.2. The lowest BCUT2D eigenvalue weighted by Gasteiger charge is -2.49. The Morgan fingerprint density at radius 1 is 1.10 bits per heavy atom. The first-order valence-corrected chi connectivity index (χ1v) is 16.7. The number of carbonyl (C=O) groups excluding carboxylic acids is 2. The number of carboxylic acids is 3. The minimum absolute atomic E-state index is 0.0330. The number of phenols is 2. The molecule has 2 aliphatic rings. The smallest absolute Gasteiger partial charge is 0.354 e. The second-order valence-electron chi connectivity index (χ2n) is 10.2. The molecule has 0 bridgehead atoms. The van der Waals surface area contributed by atoms with Crippen molar-refractivity contribution < 1.29 is 54.3 Å². The van der Waals surface area contributed by atoms with Gasteiger partial charge in [0, 0.05) is 23.0 Å². The molecule has 1 aromatic carbocycles. The van der Waals surface area contributed by atoms with Crippen LogP contribution in [0.15, 0.2) is 51.4 Å². The Balaban J connectivity index is 1.20. The molecule has 23 heteroatoms. The van der Waals surface area contributed by atoms with Crippen LogP contribution in [0, 0.1) is 0 Å². The van der Waals surface area contributed by atoms with Crippen molar-refractivity contribution in [3.05, 3.63) is 63.7 Å². The van der Waals surface area contributed by atoms with Crippen molar-refractivity contribution in [3.63, 3.8) is 0 Å². The first kappa shape index (κ1) is 33.9. The van der Waals surface area contributed by atoms with Crippen LogP contribution in [0.1, 0.15) is 32.1 Å². The zero-order valence-electron chi connectivity index (χ0n) is 24.8. The number of nitrogens with one attached hydrogen (secondary N) is 1. The molecule has 1 saturated heterocycles. The number of thiazole rings is 1. The number of oxime groups is 1. The van der Waals surface area contributed by atoms with Crippen LogP contribution in [0.3, 0.4) is 0 Å². The highest BCUT2D eigenvalue weighted by atomic mass is 32.2. The second-order valence-corrected chi connectivity index (χ2v) is 13.2. The van der Waals surface area contributed by atoms with E-state index in [9.17, 15) is 49.5 Å². The lowest BCUT2D eigenvalue weighted by molar-refractivity contribution is -0.150. The molecule has 0 radical (unpaired) electrons. The van der Waals surface area contributed by atoms with Crippen molar-refractivity contribution in [2.75, 3.05) is 17.2 Å². The fourth-order valence-electron chi connectivity index (χ4n) is 4.90. The first-order valence-electron chi connectivity index (χ1n) is 13.8. The quantitative estimate of drug-likeness (QED) is 0.0258. The fourth-order valence-corrected chi connectivity index (χ4v) is 7.93. The van der Waals surface area contributed by atoms with Gasteiger partial charge in [-0.3, -0.25) is 14.5 Å². The molecular formula is C27H21N9O11S3. The van der Waals surface area contributed by atoms with Gasteiger partial charge in [0.1, 0.15) is 40.8 Å². The van der Waals surface area contributed by atoms with E-state index in [2.05, 4.69) is 30.5 Å². The number of amides is 2. The van der Waals surface area contributed by atoms with Gasteiger partial charge in [-0.05, 0) is 17.7 Å². The monoisotopic (exact) mass is 743 g/mol. The molecule has 258 valence electrons. The number of nitrogen functional groups attached to an aromatic ring is 1. The number of rotatable bonds is 12. The van der Waals surface area contributed by atoms with Gasteiger partial charge in [0.15, 0.2) is 28.0 Å². The number of aromatic carboxylic acids is 2. The number of fused-ring (bicyclic) bond motifs is 2. The molecule has 0 aliphatic carbocycles. The Kier molecular flexibility index (Phi) is 9.18. The zero-order chi connectivity index (χ0) is 35.9. The van der Waals surface area contributed by atoms with Gasteiger partial charge in [0.2, 0.25) is 0 Å². The van der Waals surface area contributed by atoms with Crippen molar-refractivity contribution >= 4 is 81.2 Å². The molecule has 1 fully saturated rings. The summed E-state index contributed by atoms with van der Waals surface area (Å²) < 4.78 is 1.30. The number of hydrogen-bond acceptors (Lipinski definition) is 17. The highest BCUT2D eigenvalue weighted by Crippen LogP contribution is 2.42. The fraction of sp³-hybridized carbons (Fsp3) is 0.185. The molecule has 0 saturated carbocycles. The van der Waals surface area contributed by atoms with Crippen molar-refractivity contribution in [1.29, 1.82) is 0 Å². The predicted molar refractivity (Wildman–Crippen MR) is 173 cm³/mol. The molecule has 0 unspecified atom stereocenters. The number of anilines is 1. The van der Waals surface area contributed by atoms with Gasteiger partial charge in [-0.2, -0.15) is 14.6 Å². The molecule has 5 heterocycles. The van der Waals surface area contributed by atoms with Gasteiger partial charge >= 0.3 is 17.9 Å². The number of aromatic hydroxyl groups is 2. The van der Waals surface area contributed by atoms with Gasteiger partial charge in [-0.15, -0.1) is 34.9 Å². The third kappa shape index (κ3) is 6.30. The number of aromatic nitrogens is 5. The Labute approximate surface area is 290 Å². The molecule has 2 aliphatic heterocycles. The molecule has 4 aromatic rings. The van der Waals surface area contributed by atoms with Gasteiger partial charge in [0.25, 0.3) is 17.6 Å².